The van der Waals surface area contributed by atoms with Crippen LogP contribution in [0.4, 0.5) is 0 Å². The third kappa shape index (κ3) is 14.5. The van der Waals surface area contributed by atoms with Crippen LogP contribution in [0.15, 0.2) is 12.3 Å². The summed E-state index contributed by atoms with van der Waals surface area (Å²) in [5.74, 6) is -0.229. The van der Waals surface area contributed by atoms with Gasteiger partial charge in [0.25, 0.3) is 0 Å². The van der Waals surface area contributed by atoms with Gasteiger partial charge in [-0.2, -0.15) is 0 Å². The number of carbonyl (C=O) groups excluding carboxylic acids is 1. The maximum absolute atomic E-state index is 12.1. The smallest absolute Gasteiger partial charge is 0.326 e. The summed E-state index contributed by atoms with van der Waals surface area (Å²) >= 11 is 6.92. The van der Waals surface area contributed by atoms with Crippen molar-refractivity contribution >= 4 is 34.1 Å². The quantitative estimate of drug-likeness (QED) is 0.125. The standard InChI is InChI=1S/C21H38O2S2/c1-5-7-9-10-11-12-13-14-15-16-17-19(24)25-21(3,4)20(22)23-18-8-6-2/h8,18H,5-7,9-17H2,1-4H3. The Hall–Kier alpha value is -0.350. The second-order valence-corrected chi connectivity index (χ2v) is 9.57. The van der Waals surface area contributed by atoms with Crippen LogP contribution in [0.1, 0.15) is 105 Å². The van der Waals surface area contributed by atoms with Gasteiger partial charge in [-0.05, 0) is 39.2 Å². The molecule has 0 saturated heterocycles. The second kappa shape index (κ2) is 15.9. The van der Waals surface area contributed by atoms with Gasteiger partial charge in [0.05, 0.1) is 6.26 Å². The molecule has 0 spiro atoms. The minimum atomic E-state index is -0.617. The highest BCUT2D eigenvalue weighted by Gasteiger charge is 2.31. The highest BCUT2D eigenvalue weighted by molar-refractivity contribution is 8.24. The minimum absolute atomic E-state index is 0.229. The Balaban J connectivity index is 3.71. The molecule has 4 heteroatoms. The molecule has 25 heavy (non-hydrogen) atoms. The van der Waals surface area contributed by atoms with Crippen LogP contribution in [0.3, 0.4) is 0 Å². The third-order valence-electron chi connectivity index (χ3n) is 4.10. The first-order chi connectivity index (χ1) is 11.9. The maximum atomic E-state index is 12.1. The second-order valence-electron chi connectivity index (χ2n) is 7.10. The summed E-state index contributed by atoms with van der Waals surface area (Å²) in [4.78, 5) is 12.1. The van der Waals surface area contributed by atoms with Gasteiger partial charge in [-0.1, -0.05) is 83.9 Å². The first-order valence-corrected chi connectivity index (χ1v) is 11.2. The Kier molecular flexibility index (Phi) is 15.6. The monoisotopic (exact) mass is 386 g/mol. The fraction of sp³-hybridized carbons (Fsp3) is 0.810. The number of allylic oxidation sites excluding steroid dienone is 1. The van der Waals surface area contributed by atoms with Crippen LogP contribution in [0, 0.1) is 0 Å². The molecule has 0 aliphatic carbocycles. The Bertz CT molecular complexity index is 389. The van der Waals surface area contributed by atoms with Crippen LogP contribution in [0.5, 0.6) is 0 Å². The molecule has 0 aliphatic heterocycles. The number of rotatable bonds is 15. The Labute approximate surface area is 165 Å². The summed E-state index contributed by atoms with van der Waals surface area (Å²) in [6.07, 6.45) is 18.3. The van der Waals surface area contributed by atoms with E-state index < -0.39 is 4.75 Å². The van der Waals surface area contributed by atoms with E-state index in [-0.39, 0.29) is 5.97 Å². The summed E-state index contributed by atoms with van der Waals surface area (Å²) < 4.78 is 5.45. The number of ether oxygens (including phenoxy) is 1. The lowest BCUT2D eigenvalue weighted by Gasteiger charge is -2.21. The fourth-order valence-electron chi connectivity index (χ4n) is 2.48. The average molecular weight is 387 g/mol. The van der Waals surface area contributed by atoms with E-state index in [0.717, 1.165) is 23.5 Å². The zero-order valence-electron chi connectivity index (χ0n) is 16.8. The molecular formula is C21H38O2S2. The Morgan fingerprint density at radius 2 is 1.48 bits per heavy atom. The third-order valence-corrected chi connectivity index (χ3v) is 5.66. The van der Waals surface area contributed by atoms with Crippen molar-refractivity contribution in [1.82, 2.24) is 0 Å². The molecule has 146 valence electrons. The predicted octanol–water partition coefficient (Wildman–Crippen LogP) is 7.60. The molecule has 0 fully saturated rings. The molecule has 0 N–H and O–H groups in total. The maximum Gasteiger partial charge on any atom is 0.326 e. The van der Waals surface area contributed by atoms with Crippen molar-refractivity contribution in [3.05, 3.63) is 12.3 Å². The molecule has 0 radical (unpaired) electrons. The SMILES string of the molecule is CCC=COC(=O)C(C)(C)SC(=S)CCCCCCCCCCCC. The van der Waals surface area contributed by atoms with Crippen molar-refractivity contribution in [3.63, 3.8) is 0 Å². The fourth-order valence-corrected chi connectivity index (χ4v) is 4.20. The van der Waals surface area contributed by atoms with E-state index >= 15 is 0 Å². The zero-order chi connectivity index (χ0) is 19.0. The summed E-state index contributed by atoms with van der Waals surface area (Å²) in [6.45, 7) is 8.03. The molecule has 2 nitrogen and oxygen atoms in total. The predicted molar refractivity (Wildman–Crippen MR) is 116 cm³/mol. The summed E-state index contributed by atoms with van der Waals surface area (Å²) in [7, 11) is 0. The molecule has 0 aromatic carbocycles. The van der Waals surface area contributed by atoms with Gasteiger partial charge in [0.15, 0.2) is 0 Å². The molecule has 0 unspecified atom stereocenters. The lowest BCUT2D eigenvalue weighted by Crippen LogP contribution is -2.30. The van der Waals surface area contributed by atoms with Gasteiger partial charge in [-0.15, -0.1) is 11.8 Å². The molecule has 0 saturated carbocycles. The molecule has 0 aliphatic rings. The van der Waals surface area contributed by atoms with Gasteiger partial charge in [0.2, 0.25) is 0 Å². The number of thioether (sulfide) groups is 1. The average Bonchev–Trinajstić information content (AvgIpc) is 2.56. The van der Waals surface area contributed by atoms with Gasteiger partial charge in [-0.3, -0.25) is 4.79 Å². The topological polar surface area (TPSA) is 26.3 Å². The molecule has 0 aromatic rings. The first kappa shape index (κ1) is 24.7. The number of hydrogen-bond acceptors (Lipinski definition) is 4. The highest BCUT2D eigenvalue weighted by atomic mass is 32.2. The van der Waals surface area contributed by atoms with Crippen LogP contribution in [-0.4, -0.2) is 14.9 Å². The zero-order valence-corrected chi connectivity index (χ0v) is 18.4. The van der Waals surface area contributed by atoms with E-state index in [1.165, 1.54) is 75.8 Å². The molecule has 0 heterocycles. The molecular weight excluding hydrogens is 348 g/mol. The van der Waals surface area contributed by atoms with Crippen molar-refractivity contribution in [1.29, 1.82) is 0 Å². The number of thiocarbonyl (C=S) groups is 1. The van der Waals surface area contributed by atoms with Gasteiger partial charge in [-0.25, -0.2) is 0 Å². The largest absolute Gasteiger partial charge is 0.434 e. The molecule has 0 rings (SSSR count). The van der Waals surface area contributed by atoms with Crippen molar-refractivity contribution in [2.24, 2.45) is 0 Å². The number of carbonyl (C=O) groups is 1. The molecule has 0 atom stereocenters. The number of unbranched alkanes of at least 4 members (excludes halogenated alkanes) is 9. The lowest BCUT2D eigenvalue weighted by atomic mass is 10.1. The summed E-state index contributed by atoms with van der Waals surface area (Å²) in [5, 5.41) is 0. The van der Waals surface area contributed by atoms with E-state index in [9.17, 15) is 4.79 Å². The van der Waals surface area contributed by atoms with E-state index in [1.807, 2.05) is 26.8 Å². The van der Waals surface area contributed by atoms with Crippen LogP contribution < -0.4 is 0 Å². The summed E-state index contributed by atoms with van der Waals surface area (Å²) in [5.41, 5.74) is 0. The van der Waals surface area contributed by atoms with Crippen molar-refractivity contribution in [2.75, 3.05) is 0 Å². The van der Waals surface area contributed by atoms with Crippen molar-refractivity contribution in [2.45, 2.75) is 109 Å². The first-order valence-electron chi connectivity index (χ1n) is 10.0. The minimum Gasteiger partial charge on any atom is -0.434 e. The van der Waals surface area contributed by atoms with E-state index in [4.69, 9.17) is 17.0 Å². The van der Waals surface area contributed by atoms with Crippen molar-refractivity contribution in [3.8, 4) is 0 Å². The van der Waals surface area contributed by atoms with E-state index in [2.05, 4.69) is 6.92 Å². The van der Waals surface area contributed by atoms with Crippen LogP contribution in [0.2, 0.25) is 0 Å². The molecule has 0 aromatic heterocycles. The van der Waals surface area contributed by atoms with Gasteiger partial charge in [0, 0.05) is 4.20 Å². The Morgan fingerprint density at radius 1 is 0.960 bits per heavy atom. The van der Waals surface area contributed by atoms with Crippen LogP contribution >= 0.6 is 24.0 Å². The lowest BCUT2D eigenvalue weighted by molar-refractivity contribution is -0.139. The van der Waals surface area contributed by atoms with E-state index in [0.29, 0.717) is 0 Å². The molecule has 0 amide bonds. The highest BCUT2D eigenvalue weighted by Crippen LogP contribution is 2.29. The van der Waals surface area contributed by atoms with Crippen LogP contribution in [0.25, 0.3) is 0 Å². The summed E-state index contributed by atoms with van der Waals surface area (Å²) in [6, 6.07) is 0. The number of esters is 1. The van der Waals surface area contributed by atoms with Gasteiger partial charge < -0.3 is 4.74 Å². The van der Waals surface area contributed by atoms with Gasteiger partial charge >= 0.3 is 5.97 Å². The van der Waals surface area contributed by atoms with Gasteiger partial charge in [0.1, 0.15) is 4.75 Å². The Morgan fingerprint density at radius 3 is 2.00 bits per heavy atom. The molecule has 0 bridgehead atoms. The van der Waals surface area contributed by atoms with Crippen molar-refractivity contribution < 1.29 is 9.53 Å². The van der Waals surface area contributed by atoms with E-state index in [1.54, 1.807) is 0 Å². The van der Waals surface area contributed by atoms with Crippen LogP contribution in [-0.2, 0) is 9.53 Å². The number of hydrogen-bond donors (Lipinski definition) is 0. The normalized spacial score (nSPS) is 11.8.